The fraction of sp³-hybridized carbons (Fsp3) is 0.167. The maximum Gasteiger partial charge on any atom is 0.257 e. The lowest BCUT2D eigenvalue weighted by Gasteiger charge is -2.15. The third kappa shape index (κ3) is 2.74. The van der Waals surface area contributed by atoms with E-state index in [1.807, 2.05) is 36.4 Å². The van der Waals surface area contributed by atoms with Crippen LogP contribution in [-0.2, 0) is 22.2 Å². The number of carbonyl (C=O) groups is 1. The molecule has 122 valence electrons. The van der Waals surface area contributed by atoms with Gasteiger partial charge in [-0.2, -0.15) is 0 Å². The molecule has 0 fully saturated rings. The van der Waals surface area contributed by atoms with E-state index in [1.54, 1.807) is 0 Å². The van der Waals surface area contributed by atoms with Gasteiger partial charge in [0.15, 0.2) is 11.0 Å². The number of rotatable bonds is 3. The molecule has 2 aromatic rings. The fourth-order valence-electron chi connectivity index (χ4n) is 3.09. The standard InChI is InChI=1S/C18H14ClNO3S/c19-15-3-1-2-14-13(15)8-9-16(14)23-12-6-4-11(5-7-12)17-10-18(21)20-24(17)22/h1-7,10,16H,8-9H2,(H,20,21)/t16-,24?/m1/s1. The Bertz CT molecular complexity index is 876. The molecular formula is C18H14ClNO3S. The smallest absolute Gasteiger partial charge is 0.257 e. The number of hydrogen-bond donors (Lipinski definition) is 1. The molecule has 4 nitrogen and oxygen atoms in total. The van der Waals surface area contributed by atoms with E-state index < -0.39 is 11.0 Å². The first-order valence-electron chi connectivity index (χ1n) is 7.60. The van der Waals surface area contributed by atoms with Crippen LogP contribution in [0.25, 0.3) is 4.91 Å². The first kappa shape index (κ1) is 15.4. The van der Waals surface area contributed by atoms with Gasteiger partial charge < -0.3 is 4.74 Å². The van der Waals surface area contributed by atoms with Gasteiger partial charge in [-0.15, -0.1) is 0 Å². The number of amides is 1. The SMILES string of the molecule is O=C1C=C(c2ccc(O[C@@H]3CCc4c(Cl)cccc43)cc2)S(=O)N1. The number of hydrogen-bond acceptors (Lipinski definition) is 3. The molecular weight excluding hydrogens is 346 g/mol. The largest absolute Gasteiger partial charge is 0.486 e. The van der Waals surface area contributed by atoms with Crippen molar-refractivity contribution in [1.82, 2.24) is 4.72 Å². The van der Waals surface area contributed by atoms with Gasteiger partial charge in [0.05, 0.1) is 4.91 Å². The molecule has 4 rings (SSSR count). The topological polar surface area (TPSA) is 55.4 Å². The number of halogens is 1. The fourth-order valence-corrected chi connectivity index (χ4v) is 4.29. The van der Waals surface area contributed by atoms with Gasteiger partial charge >= 0.3 is 0 Å². The molecule has 0 spiro atoms. The Balaban J connectivity index is 1.54. The molecule has 0 saturated carbocycles. The molecule has 1 unspecified atom stereocenters. The van der Waals surface area contributed by atoms with Crippen LogP contribution < -0.4 is 9.46 Å². The van der Waals surface area contributed by atoms with Crippen LogP contribution in [0.3, 0.4) is 0 Å². The third-order valence-electron chi connectivity index (χ3n) is 4.23. The van der Waals surface area contributed by atoms with E-state index in [0.29, 0.717) is 4.91 Å². The predicted molar refractivity (Wildman–Crippen MR) is 93.8 cm³/mol. The van der Waals surface area contributed by atoms with Gasteiger partial charge in [-0.3, -0.25) is 9.52 Å². The number of ether oxygens (including phenoxy) is 1. The van der Waals surface area contributed by atoms with Crippen molar-refractivity contribution < 1.29 is 13.7 Å². The maximum absolute atomic E-state index is 11.8. The Hall–Kier alpha value is -2.11. The maximum atomic E-state index is 11.8. The second kappa shape index (κ2) is 6.07. The van der Waals surface area contributed by atoms with Crippen molar-refractivity contribution in [3.8, 4) is 5.75 Å². The first-order chi connectivity index (χ1) is 11.6. The molecule has 2 aliphatic rings. The van der Waals surface area contributed by atoms with Crippen LogP contribution in [0.4, 0.5) is 0 Å². The Labute approximate surface area is 147 Å². The minimum absolute atomic E-state index is 0.00683. The van der Waals surface area contributed by atoms with E-state index >= 15 is 0 Å². The lowest BCUT2D eigenvalue weighted by atomic mass is 10.1. The van der Waals surface area contributed by atoms with Gasteiger partial charge in [0.2, 0.25) is 0 Å². The molecule has 2 aromatic carbocycles. The lowest BCUT2D eigenvalue weighted by molar-refractivity contribution is -0.114. The molecule has 2 atom stereocenters. The Morgan fingerprint density at radius 3 is 2.67 bits per heavy atom. The van der Waals surface area contributed by atoms with Gasteiger partial charge in [0.25, 0.3) is 5.91 Å². The van der Waals surface area contributed by atoms with Crippen molar-refractivity contribution in [2.45, 2.75) is 18.9 Å². The molecule has 6 heteroatoms. The van der Waals surface area contributed by atoms with Gasteiger partial charge in [-0.1, -0.05) is 35.9 Å². The zero-order valence-electron chi connectivity index (χ0n) is 12.6. The van der Waals surface area contributed by atoms with Gasteiger partial charge in [-0.25, -0.2) is 4.21 Å². The highest BCUT2D eigenvalue weighted by molar-refractivity contribution is 7.93. The summed E-state index contributed by atoms with van der Waals surface area (Å²) in [5.41, 5.74) is 3.05. The number of carbonyl (C=O) groups excluding carboxylic acids is 1. The number of nitrogens with one attached hydrogen (secondary N) is 1. The summed E-state index contributed by atoms with van der Waals surface area (Å²) in [4.78, 5) is 11.8. The number of benzene rings is 2. The molecule has 0 radical (unpaired) electrons. The van der Waals surface area contributed by atoms with E-state index in [2.05, 4.69) is 10.8 Å². The van der Waals surface area contributed by atoms with Crippen molar-refractivity contribution in [3.63, 3.8) is 0 Å². The minimum Gasteiger partial charge on any atom is -0.486 e. The van der Waals surface area contributed by atoms with Crippen molar-refractivity contribution in [2.75, 3.05) is 0 Å². The molecule has 1 aliphatic heterocycles. The Kier molecular flexibility index (Phi) is 3.90. The van der Waals surface area contributed by atoms with Crippen LogP contribution in [0.5, 0.6) is 5.75 Å². The quantitative estimate of drug-likeness (QED) is 0.911. The van der Waals surface area contributed by atoms with E-state index in [0.717, 1.165) is 40.3 Å². The van der Waals surface area contributed by atoms with Crippen LogP contribution in [0, 0.1) is 0 Å². The van der Waals surface area contributed by atoms with Crippen LogP contribution >= 0.6 is 11.6 Å². The minimum atomic E-state index is -1.48. The molecule has 24 heavy (non-hydrogen) atoms. The molecule has 0 aromatic heterocycles. The summed E-state index contributed by atoms with van der Waals surface area (Å²) in [5, 5.41) is 0.793. The highest BCUT2D eigenvalue weighted by atomic mass is 35.5. The van der Waals surface area contributed by atoms with Gasteiger partial charge in [-0.05, 0) is 47.7 Å². The predicted octanol–water partition coefficient (Wildman–Crippen LogP) is 3.54. The van der Waals surface area contributed by atoms with Crippen LogP contribution in [0.2, 0.25) is 5.02 Å². The second-order valence-electron chi connectivity index (χ2n) is 5.72. The van der Waals surface area contributed by atoms with E-state index in [9.17, 15) is 9.00 Å². The zero-order valence-corrected chi connectivity index (χ0v) is 14.2. The Morgan fingerprint density at radius 2 is 1.96 bits per heavy atom. The zero-order chi connectivity index (χ0) is 16.7. The van der Waals surface area contributed by atoms with Crippen LogP contribution in [-0.4, -0.2) is 10.1 Å². The molecule has 0 bridgehead atoms. The van der Waals surface area contributed by atoms with Crippen molar-refractivity contribution in [2.24, 2.45) is 0 Å². The number of fused-ring (bicyclic) bond motifs is 1. The summed E-state index contributed by atoms with van der Waals surface area (Å²) < 4.78 is 20.2. The van der Waals surface area contributed by atoms with Gasteiger partial charge in [0, 0.05) is 11.1 Å². The van der Waals surface area contributed by atoms with E-state index in [1.165, 1.54) is 6.08 Å². The highest BCUT2D eigenvalue weighted by Gasteiger charge is 2.26. The third-order valence-corrected chi connectivity index (χ3v) is 5.72. The summed E-state index contributed by atoms with van der Waals surface area (Å²) >= 11 is 6.23. The van der Waals surface area contributed by atoms with Crippen LogP contribution in [0.1, 0.15) is 29.2 Å². The van der Waals surface area contributed by atoms with Crippen LogP contribution in [0.15, 0.2) is 48.5 Å². The Morgan fingerprint density at radius 1 is 1.17 bits per heavy atom. The van der Waals surface area contributed by atoms with Crippen molar-refractivity contribution in [3.05, 3.63) is 70.3 Å². The summed E-state index contributed by atoms with van der Waals surface area (Å²) in [5.74, 6) is 0.406. The average Bonchev–Trinajstić information content (AvgIpc) is 3.12. The average molecular weight is 360 g/mol. The molecule has 1 heterocycles. The summed E-state index contributed by atoms with van der Waals surface area (Å²) in [6.07, 6.45) is 3.17. The normalized spacial score (nSPS) is 22.0. The summed E-state index contributed by atoms with van der Waals surface area (Å²) in [6.45, 7) is 0. The highest BCUT2D eigenvalue weighted by Crippen LogP contribution is 2.38. The molecule has 1 aliphatic carbocycles. The first-order valence-corrected chi connectivity index (χ1v) is 9.13. The summed E-state index contributed by atoms with van der Waals surface area (Å²) in [6, 6.07) is 13.2. The second-order valence-corrected chi connectivity index (χ2v) is 7.31. The van der Waals surface area contributed by atoms with E-state index in [4.69, 9.17) is 16.3 Å². The molecule has 0 saturated heterocycles. The molecule has 1 amide bonds. The van der Waals surface area contributed by atoms with Crippen molar-refractivity contribution in [1.29, 1.82) is 0 Å². The lowest BCUT2D eigenvalue weighted by Crippen LogP contribution is -2.16. The van der Waals surface area contributed by atoms with Crippen molar-refractivity contribution >= 4 is 33.4 Å². The molecule has 1 N–H and O–H groups in total. The monoisotopic (exact) mass is 359 g/mol. The van der Waals surface area contributed by atoms with E-state index in [-0.39, 0.29) is 12.0 Å². The van der Waals surface area contributed by atoms with Gasteiger partial charge in [0.1, 0.15) is 11.9 Å². The summed E-state index contributed by atoms with van der Waals surface area (Å²) in [7, 11) is -1.48.